The molecule has 5 unspecified atom stereocenters. The summed E-state index contributed by atoms with van der Waals surface area (Å²) in [6, 6.07) is 0.193. The molecule has 1 amide bonds. The molecule has 0 radical (unpaired) electrons. The molecular formula is C28H44ClF6N3O. The second kappa shape index (κ2) is 13.5. The quantitative estimate of drug-likeness (QED) is 0.264. The first-order valence-corrected chi connectivity index (χ1v) is 15.4. The van der Waals surface area contributed by atoms with Crippen LogP contribution in [0, 0.1) is 23.7 Å². The second-order valence-corrected chi connectivity index (χ2v) is 13.0. The van der Waals surface area contributed by atoms with Gasteiger partial charge in [0, 0.05) is 44.1 Å². The van der Waals surface area contributed by atoms with Crippen molar-refractivity contribution in [3.8, 4) is 0 Å². The lowest BCUT2D eigenvalue weighted by atomic mass is 9.73. The van der Waals surface area contributed by atoms with Gasteiger partial charge in [0.25, 0.3) is 0 Å². The molecule has 1 aliphatic heterocycles. The van der Waals surface area contributed by atoms with Crippen LogP contribution in [-0.4, -0.2) is 78.2 Å². The van der Waals surface area contributed by atoms with Gasteiger partial charge in [0.2, 0.25) is 5.91 Å². The molecule has 3 saturated carbocycles. The Balaban J connectivity index is 1.36. The van der Waals surface area contributed by atoms with E-state index in [2.05, 4.69) is 15.1 Å². The maximum Gasteiger partial charge on any atom is 0.391 e. The highest BCUT2D eigenvalue weighted by Crippen LogP contribution is 2.48. The van der Waals surface area contributed by atoms with E-state index in [0.717, 1.165) is 51.9 Å². The van der Waals surface area contributed by atoms with Crippen LogP contribution in [0.1, 0.15) is 83.5 Å². The number of rotatable bonds is 7. The highest BCUT2D eigenvalue weighted by atomic mass is 35.5. The number of amides is 1. The largest absolute Gasteiger partial charge is 0.391 e. The van der Waals surface area contributed by atoms with Gasteiger partial charge in [-0.2, -0.15) is 26.3 Å². The lowest BCUT2D eigenvalue weighted by molar-refractivity contribution is -0.228. The van der Waals surface area contributed by atoms with Crippen molar-refractivity contribution in [3.63, 3.8) is 0 Å². The van der Waals surface area contributed by atoms with Crippen LogP contribution in [0.3, 0.4) is 0 Å². The Hall–Kier alpha value is -0.740. The van der Waals surface area contributed by atoms with Crippen LogP contribution in [0.5, 0.6) is 0 Å². The minimum atomic E-state index is -4.65. The lowest BCUT2D eigenvalue weighted by Crippen LogP contribution is -2.60. The van der Waals surface area contributed by atoms with E-state index in [-0.39, 0.29) is 43.0 Å². The van der Waals surface area contributed by atoms with Crippen LogP contribution in [0.15, 0.2) is 0 Å². The van der Waals surface area contributed by atoms with Gasteiger partial charge in [0.15, 0.2) is 0 Å². The number of halogens is 7. The van der Waals surface area contributed by atoms with Crippen LogP contribution in [0.2, 0.25) is 0 Å². The molecule has 0 spiro atoms. The second-order valence-electron chi connectivity index (χ2n) is 12.4. The van der Waals surface area contributed by atoms with Crippen molar-refractivity contribution in [1.29, 1.82) is 0 Å². The average molecular weight is 588 g/mol. The van der Waals surface area contributed by atoms with Crippen molar-refractivity contribution in [1.82, 2.24) is 15.1 Å². The molecule has 4 nitrogen and oxygen atoms in total. The van der Waals surface area contributed by atoms with Crippen molar-refractivity contribution in [2.45, 2.75) is 113 Å². The number of hydrogen-bond donors (Lipinski definition) is 1. The summed E-state index contributed by atoms with van der Waals surface area (Å²) in [5.74, 6) is -4.84. The molecule has 1 heterocycles. The number of nitrogens with one attached hydrogen (secondary N) is 1. The zero-order valence-corrected chi connectivity index (χ0v) is 23.5. The van der Waals surface area contributed by atoms with Crippen LogP contribution in [0.25, 0.3) is 0 Å². The summed E-state index contributed by atoms with van der Waals surface area (Å²) in [4.78, 5) is 18.3. The summed E-state index contributed by atoms with van der Waals surface area (Å²) in [7, 11) is 0. The van der Waals surface area contributed by atoms with Gasteiger partial charge in [0.05, 0.1) is 17.9 Å². The third-order valence-corrected chi connectivity index (χ3v) is 10.4. The first-order valence-electron chi connectivity index (χ1n) is 15.0. The molecule has 226 valence electrons. The summed E-state index contributed by atoms with van der Waals surface area (Å²) < 4.78 is 80.2. The smallest absolute Gasteiger partial charge is 0.355 e. The summed E-state index contributed by atoms with van der Waals surface area (Å²) in [6.07, 6.45) is -0.719. The van der Waals surface area contributed by atoms with E-state index in [1.54, 1.807) is 0 Å². The molecule has 1 saturated heterocycles. The van der Waals surface area contributed by atoms with Gasteiger partial charge in [-0.05, 0) is 63.2 Å². The Labute approximate surface area is 233 Å². The monoisotopic (exact) mass is 587 g/mol. The minimum Gasteiger partial charge on any atom is -0.355 e. The standard InChI is InChI=1S/C28H44ClF6N3O/c29-24-9-5-4-8-23(24)25(38-14-12-37(13-15-38)22-6-2-1-3-7-22)26(39)36-11-10-19-16-20(27(30,31)32)18-21(17-19)28(33,34)35/h19-25H,1-18H2,(H,36,39). The molecule has 0 aromatic rings. The Bertz CT molecular complexity index is 760. The van der Waals surface area contributed by atoms with E-state index in [9.17, 15) is 31.1 Å². The molecular weight excluding hydrogens is 544 g/mol. The Morgan fingerprint density at radius 1 is 0.795 bits per heavy atom. The average Bonchev–Trinajstić information content (AvgIpc) is 2.90. The van der Waals surface area contributed by atoms with Gasteiger partial charge in [-0.15, -0.1) is 11.6 Å². The molecule has 0 bridgehead atoms. The van der Waals surface area contributed by atoms with Gasteiger partial charge in [0.1, 0.15) is 0 Å². The van der Waals surface area contributed by atoms with Crippen molar-refractivity contribution >= 4 is 17.5 Å². The van der Waals surface area contributed by atoms with Crippen LogP contribution < -0.4 is 5.32 Å². The molecule has 4 fully saturated rings. The molecule has 0 aromatic carbocycles. The molecule has 1 N–H and O–H groups in total. The van der Waals surface area contributed by atoms with Gasteiger partial charge >= 0.3 is 12.4 Å². The van der Waals surface area contributed by atoms with Gasteiger partial charge in [-0.3, -0.25) is 14.6 Å². The highest BCUT2D eigenvalue weighted by molar-refractivity contribution is 6.21. The van der Waals surface area contributed by atoms with Crippen LogP contribution in [0.4, 0.5) is 26.3 Å². The van der Waals surface area contributed by atoms with E-state index >= 15 is 0 Å². The minimum absolute atomic E-state index is 0.0134. The maximum absolute atomic E-state index is 13.6. The van der Waals surface area contributed by atoms with E-state index in [1.165, 1.54) is 32.1 Å². The molecule has 4 rings (SSSR count). The first kappa shape index (κ1) is 31.2. The number of carbonyl (C=O) groups is 1. The van der Waals surface area contributed by atoms with E-state index in [0.29, 0.717) is 6.04 Å². The van der Waals surface area contributed by atoms with Crippen LogP contribution >= 0.6 is 11.6 Å². The third kappa shape index (κ3) is 8.40. The van der Waals surface area contributed by atoms with Gasteiger partial charge in [-0.1, -0.05) is 32.1 Å². The predicted octanol–water partition coefficient (Wildman–Crippen LogP) is 6.77. The van der Waals surface area contributed by atoms with E-state index in [4.69, 9.17) is 11.6 Å². The number of piperazine rings is 1. The highest BCUT2D eigenvalue weighted by Gasteiger charge is 2.51. The zero-order valence-electron chi connectivity index (χ0n) is 22.7. The van der Waals surface area contributed by atoms with E-state index < -0.39 is 42.6 Å². The topological polar surface area (TPSA) is 35.6 Å². The third-order valence-electron chi connectivity index (χ3n) is 9.82. The summed E-state index contributed by atoms with van der Waals surface area (Å²) >= 11 is 6.73. The number of nitrogens with zero attached hydrogens (tertiary/aromatic N) is 2. The molecule has 11 heteroatoms. The molecule has 0 aromatic heterocycles. The maximum atomic E-state index is 13.6. The van der Waals surface area contributed by atoms with Crippen molar-refractivity contribution < 1.29 is 31.1 Å². The molecule has 3 aliphatic carbocycles. The van der Waals surface area contributed by atoms with Gasteiger partial charge < -0.3 is 5.32 Å². The fourth-order valence-electron chi connectivity index (χ4n) is 7.64. The summed E-state index contributed by atoms with van der Waals surface area (Å²) in [6.45, 7) is 3.40. The number of alkyl halides is 7. The lowest BCUT2D eigenvalue weighted by Gasteiger charge is -2.46. The number of carbonyl (C=O) groups excluding carboxylic acids is 1. The Morgan fingerprint density at radius 2 is 1.36 bits per heavy atom. The van der Waals surface area contributed by atoms with Gasteiger partial charge in [-0.25, -0.2) is 0 Å². The summed E-state index contributed by atoms with van der Waals surface area (Å²) in [5.41, 5.74) is 0. The molecule has 39 heavy (non-hydrogen) atoms. The molecule has 4 aliphatic rings. The summed E-state index contributed by atoms with van der Waals surface area (Å²) in [5, 5.41) is 2.79. The van der Waals surface area contributed by atoms with E-state index in [1.807, 2.05) is 0 Å². The molecule has 5 atom stereocenters. The first-order chi connectivity index (χ1) is 18.4. The van der Waals surface area contributed by atoms with Crippen molar-refractivity contribution in [2.24, 2.45) is 23.7 Å². The predicted molar refractivity (Wildman–Crippen MR) is 139 cm³/mol. The normalized spacial score (nSPS) is 33.6. The van der Waals surface area contributed by atoms with Crippen LogP contribution in [-0.2, 0) is 4.79 Å². The SMILES string of the molecule is O=C(NCCC1CC(C(F)(F)F)CC(C(F)(F)F)C1)C(C1CCCCC1Cl)N1CCN(C2CCCCC2)CC1. The van der Waals surface area contributed by atoms with Crippen molar-refractivity contribution in [2.75, 3.05) is 32.7 Å². The van der Waals surface area contributed by atoms with Crippen molar-refractivity contribution in [3.05, 3.63) is 0 Å². The number of hydrogen-bond acceptors (Lipinski definition) is 3. The zero-order chi connectivity index (χ0) is 28.2. The Kier molecular flexibility index (Phi) is 10.8. The Morgan fingerprint density at radius 3 is 1.92 bits per heavy atom. The fourth-order valence-corrected chi connectivity index (χ4v) is 8.06. The fraction of sp³-hybridized carbons (Fsp3) is 0.964.